The van der Waals surface area contributed by atoms with Gasteiger partial charge in [0, 0.05) is 27.7 Å². The van der Waals surface area contributed by atoms with Crippen molar-refractivity contribution in [1.29, 1.82) is 0 Å². The van der Waals surface area contributed by atoms with Gasteiger partial charge in [0.25, 0.3) is 0 Å². The third-order valence-electron chi connectivity index (χ3n) is 34.3. The molecular formula is C144H181ClSi3. The van der Waals surface area contributed by atoms with Gasteiger partial charge in [-0.3, -0.25) is 0 Å². The van der Waals surface area contributed by atoms with E-state index in [1.54, 1.807) is 22.3 Å². The molecule has 18 rings (SSSR count). The first-order valence-corrected chi connectivity index (χ1v) is 66.0. The lowest BCUT2D eigenvalue weighted by molar-refractivity contribution is 0.568. The molecule has 0 nitrogen and oxygen atoms in total. The van der Waals surface area contributed by atoms with Crippen molar-refractivity contribution < 1.29 is 0 Å². The number of rotatable bonds is 11. The standard InChI is InChI=1S/2C48H60Si.C25H32.C23H29ClSi/c1-29-21-22-37(34-25-35(46(5,6)7)27-36(26-34)47(8,9)10)43-38(29)23-31(3)45(43)49(14,15)44-30(2)24-39-40(44)28-41(48(11,12)13)32(4)42(39)33-19-17-16-18-20-33;1-29-21-22-37(34-25-35(46(5,6)7)27-36(26-34)47(8,9)10)38-24-31(3)45(42(29)38)49(14,15)44-30(2)23-39-40(44)28-41(48(11,12)13)32(4)43(39)33-19-17-16-18-20-33;1-16-11-22-17(2)9-10-21(23(22)12-16)18-13-19(24(3,4)5)15-20(14-18)25(6,7)8;1-15-13-18-19(22(15)25(6,7)24)14-20(23(3,4)5)16(2)21(18)17-11-9-8-10-12-17/h2*16-28,44-45H,1-15H3;9-11,13-15H,12H2,1-8H3;8-14,22H,1-7H3. The van der Waals surface area contributed by atoms with Crippen LogP contribution in [0.3, 0.4) is 0 Å². The Bertz CT molecular complexity index is 7300. The van der Waals surface area contributed by atoms with Crippen LogP contribution in [-0.4, -0.2) is 23.5 Å². The van der Waals surface area contributed by atoms with Crippen LogP contribution < -0.4 is 0 Å². The summed E-state index contributed by atoms with van der Waals surface area (Å²) < 4.78 is 0. The molecule has 0 fully saturated rings. The maximum absolute atomic E-state index is 6.96. The minimum atomic E-state index is -2.11. The van der Waals surface area contributed by atoms with Gasteiger partial charge in [0.15, 0.2) is 7.38 Å². The van der Waals surface area contributed by atoms with Crippen molar-refractivity contribution in [2.45, 2.75) is 392 Å². The fraction of sp³-hybridized carbons (Fsp3) is 0.417. The SMILES string of the molecule is CC1=Cc2c(C)ccc(-c3cc(C(C)(C)C)cc(C(C)(C)C)c3)c2C1.CC1=Cc2c(cc(C(C)(C)C)c(C)c2-c2ccccc2)C1[Si](C)(C)C1C(C)=Cc2c(-c3cc(C(C)(C)C)cc(C(C)(C)C)c3)ccc(C)c21.CC1=Cc2c(cc(C(C)(C)C)c(C)c2-c2ccccc2)C1[Si](C)(C)C1C(C)=Cc2c(C)ccc(-c3cc(C(C)(C)C)cc(C(C)(C)C)c3)c21.CC1=Cc2c(cc(C(C)(C)C)c(C)c2-c2ccccc2)C1[Si](C)(C)Cl. The van der Waals surface area contributed by atoms with E-state index in [4.69, 9.17) is 11.1 Å². The van der Waals surface area contributed by atoms with Crippen LogP contribution in [0, 0.1) is 41.5 Å². The second-order valence-electron chi connectivity index (χ2n) is 56.8. The molecule has 6 aliphatic rings. The Morgan fingerprint density at radius 2 is 0.493 bits per heavy atom. The number of fused-ring (bicyclic) bond motifs is 6. The van der Waals surface area contributed by atoms with Gasteiger partial charge in [-0.1, -0.05) is 496 Å². The maximum atomic E-state index is 6.96. The summed E-state index contributed by atoms with van der Waals surface area (Å²) in [6.07, 6.45) is 16.1. The second kappa shape index (κ2) is 39.9. The summed E-state index contributed by atoms with van der Waals surface area (Å²) in [6, 6.07) is 77.1. The summed E-state index contributed by atoms with van der Waals surface area (Å²) in [4.78, 5) is 0. The number of allylic oxidation sites excluding steroid dienone is 6. The van der Waals surface area contributed by atoms with Gasteiger partial charge in [0.1, 0.15) is 0 Å². The summed E-state index contributed by atoms with van der Waals surface area (Å²) in [6.45, 7) is 107. The molecule has 0 amide bonds. The van der Waals surface area contributed by atoms with Crippen molar-refractivity contribution in [3.63, 3.8) is 0 Å². The lowest BCUT2D eigenvalue weighted by atomic mass is 9.78. The number of benzene rings is 12. The van der Waals surface area contributed by atoms with Crippen molar-refractivity contribution in [2.75, 3.05) is 0 Å². The highest BCUT2D eigenvalue weighted by atomic mass is 35.6. The smallest absolute Gasteiger partial charge is 0.161 e. The molecule has 0 bridgehead atoms. The average Bonchev–Trinajstić information content (AvgIpc) is 1.59. The Morgan fingerprint density at radius 3 is 0.818 bits per heavy atom. The molecule has 0 aromatic heterocycles. The Labute approximate surface area is 906 Å². The van der Waals surface area contributed by atoms with Gasteiger partial charge in [-0.2, -0.15) is 11.1 Å². The van der Waals surface area contributed by atoms with Crippen LogP contribution in [0.1, 0.15) is 406 Å². The highest BCUT2D eigenvalue weighted by molar-refractivity contribution is 7.20. The Kier molecular flexibility index (Phi) is 30.2. The van der Waals surface area contributed by atoms with E-state index < -0.39 is 23.5 Å². The summed E-state index contributed by atoms with van der Waals surface area (Å²) in [5, 5.41) is 0. The molecule has 148 heavy (non-hydrogen) atoms. The summed E-state index contributed by atoms with van der Waals surface area (Å²) in [7, 11) is -6.03. The molecule has 0 saturated carbocycles. The van der Waals surface area contributed by atoms with E-state index in [1.165, 1.54) is 228 Å². The van der Waals surface area contributed by atoms with Gasteiger partial charge in [0.05, 0.1) is 16.1 Å². The zero-order valence-electron chi connectivity index (χ0n) is 100.0. The Hall–Kier alpha value is -9.98. The molecule has 12 aromatic carbocycles. The van der Waals surface area contributed by atoms with Gasteiger partial charge >= 0.3 is 0 Å². The minimum Gasteiger partial charge on any atom is -0.167 e. The zero-order chi connectivity index (χ0) is 109. The molecule has 776 valence electrons. The lowest BCUT2D eigenvalue weighted by Gasteiger charge is -2.40. The number of hydrogen-bond acceptors (Lipinski definition) is 0. The predicted octanol–water partition coefficient (Wildman–Crippen LogP) is 42.7. The summed E-state index contributed by atoms with van der Waals surface area (Å²) in [5.41, 5.74) is 67.8. The van der Waals surface area contributed by atoms with Gasteiger partial charge in [-0.05, 0) is 355 Å². The first-order valence-electron chi connectivity index (χ1n) is 55.6. The molecule has 6 aliphatic carbocycles. The lowest BCUT2D eigenvalue weighted by Crippen LogP contribution is -2.42. The van der Waals surface area contributed by atoms with Crippen molar-refractivity contribution in [3.05, 3.63) is 384 Å². The molecule has 4 heteroatoms. The van der Waals surface area contributed by atoms with E-state index in [-0.39, 0.29) is 48.7 Å². The van der Waals surface area contributed by atoms with Crippen LogP contribution in [0.5, 0.6) is 0 Å². The predicted molar refractivity (Wildman–Crippen MR) is 666 cm³/mol. The van der Waals surface area contributed by atoms with Gasteiger partial charge in [-0.15, -0.1) is 0 Å². The van der Waals surface area contributed by atoms with Crippen molar-refractivity contribution >= 4 is 71.1 Å². The van der Waals surface area contributed by atoms with E-state index in [0.29, 0.717) is 27.7 Å². The largest absolute Gasteiger partial charge is 0.167 e. The molecule has 0 radical (unpaired) electrons. The van der Waals surface area contributed by atoms with E-state index in [0.717, 1.165) is 6.42 Å². The normalized spacial score (nSPS) is 17.3. The molecule has 0 saturated heterocycles. The molecular weight excluding hydrogens is 1850 g/mol. The number of halogens is 1. The molecule has 0 N–H and O–H groups in total. The van der Waals surface area contributed by atoms with Crippen LogP contribution in [0.4, 0.5) is 0 Å². The zero-order valence-corrected chi connectivity index (χ0v) is 104. The second-order valence-corrected chi connectivity index (χ2v) is 73.1. The van der Waals surface area contributed by atoms with Crippen LogP contribution in [0.25, 0.3) is 103 Å². The maximum Gasteiger partial charge on any atom is 0.161 e. The summed E-state index contributed by atoms with van der Waals surface area (Å²) >= 11 is 6.96. The van der Waals surface area contributed by atoms with Crippen LogP contribution in [0.15, 0.2) is 234 Å². The third-order valence-corrected chi connectivity index (χ3v) is 46.0. The third kappa shape index (κ3) is 21.8. The van der Waals surface area contributed by atoms with Crippen LogP contribution in [0.2, 0.25) is 39.3 Å². The van der Waals surface area contributed by atoms with Crippen LogP contribution in [-0.2, 0) is 55.2 Å². The number of aryl methyl sites for hydroxylation is 3. The fourth-order valence-corrected chi connectivity index (χ4v) is 39.8. The summed E-state index contributed by atoms with van der Waals surface area (Å²) in [5.74, 6) is 0. The highest BCUT2D eigenvalue weighted by Crippen LogP contribution is 2.61. The Morgan fingerprint density at radius 1 is 0.230 bits per heavy atom. The molecule has 0 heterocycles. The van der Waals surface area contributed by atoms with E-state index in [2.05, 4.69) is 546 Å². The van der Waals surface area contributed by atoms with Crippen LogP contribution >= 0.6 is 11.1 Å². The van der Waals surface area contributed by atoms with E-state index in [1.807, 2.05) is 0 Å². The molecule has 5 unspecified atom stereocenters. The fourth-order valence-electron chi connectivity index (χ4n) is 26.8. The molecule has 0 spiro atoms. The van der Waals surface area contributed by atoms with Gasteiger partial charge < -0.3 is 0 Å². The van der Waals surface area contributed by atoms with E-state index >= 15 is 0 Å². The molecule has 12 aromatic rings. The topological polar surface area (TPSA) is 0 Å². The monoisotopic (exact) mass is 2030 g/mol. The molecule has 5 atom stereocenters. The Balaban J connectivity index is 0.000000155. The highest BCUT2D eigenvalue weighted by Gasteiger charge is 2.52. The van der Waals surface area contributed by atoms with Crippen molar-refractivity contribution in [1.82, 2.24) is 0 Å². The molecule has 0 aliphatic heterocycles. The van der Waals surface area contributed by atoms with Gasteiger partial charge in [0.2, 0.25) is 0 Å². The van der Waals surface area contributed by atoms with E-state index in [9.17, 15) is 0 Å². The first-order chi connectivity index (χ1) is 68.2. The quantitative estimate of drug-likeness (QED) is 0.0894. The van der Waals surface area contributed by atoms with Gasteiger partial charge in [-0.25, -0.2) is 0 Å². The first kappa shape index (κ1) is 112. The van der Waals surface area contributed by atoms with Crippen molar-refractivity contribution in [3.8, 4) is 66.8 Å². The minimum absolute atomic E-state index is 0.0538. The van der Waals surface area contributed by atoms with Crippen molar-refractivity contribution in [2.24, 2.45) is 0 Å². The number of hydrogen-bond donors (Lipinski definition) is 0. The average molecular weight is 2030 g/mol.